The van der Waals surface area contributed by atoms with Crippen molar-refractivity contribution in [2.75, 3.05) is 32.9 Å². The summed E-state index contributed by atoms with van der Waals surface area (Å²) in [6, 6.07) is 7.19. The van der Waals surface area contributed by atoms with E-state index < -0.39 is 0 Å². The first-order chi connectivity index (χ1) is 16.2. The molecule has 33 heavy (non-hydrogen) atoms. The first-order valence-electron chi connectivity index (χ1n) is 12.0. The predicted molar refractivity (Wildman–Crippen MR) is 124 cm³/mol. The molecule has 7 rings (SSSR count). The van der Waals surface area contributed by atoms with E-state index in [2.05, 4.69) is 40.0 Å². The molecule has 3 fully saturated rings. The molecule has 1 N–H and O–H groups in total. The van der Waals surface area contributed by atoms with Gasteiger partial charge in [-0.15, -0.1) is 0 Å². The van der Waals surface area contributed by atoms with E-state index in [0.29, 0.717) is 25.8 Å². The fourth-order valence-electron chi connectivity index (χ4n) is 5.95. The second kappa shape index (κ2) is 7.38. The fourth-order valence-corrected chi connectivity index (χ4v) is 5.95. The number of carbonyl (C=O) groups excluding carboxylic acids is 1. The highest BCUT2D eigenvalue weighted by molar-refractivity contribution is 5.85. The summed E-state index contributed by atoms with van der Waals surface area (Å²) in [4.78, 5) is 25.5. The summed E-state index contributed by atoms with van der Waals surface area (Å²) >= 11 is 0. The van der Waals surface area contributed by atoms with Crippen LogP contribution in [0.4, 0.5) is 0 Å². The molecule has 1 amide bonds. The molecule has 0 saturated carbocycles. The van der Waals surface area contributed by atoms with E-state index in [4.69, 9.17) is 9.47 Å². The van der Waals surface area contributed by atoms with Crippen molar-refractivity contribution in [1.82, 2.24) is 19.8 Å². The number of fused-ring (bicyclic) bond motifs is 3. The maximum absolute atomic E-state index is 13.1. The van der Waals surface area contributed by atoms with Gasteiger partial charge in [-0.2, -0.15) is 0 Å². The molecule has 4 atom stereocenters. The van der Waals surface area contributed by atoms with E-state index in [9.17, 15) is 4.79 Å². The molecule has 2 aromatic heterocycles. The van der Waals surface area contributed by atoms with Crippen molar-refractivity contribution in [2.24, 2.45) is 5.92 Å². The highest BCUT2D eigenvalue weighted by Crippen LogP contribution is 2.49. The summed E-state index contributed by atoms with van der Waals surface area (Å²) in [7, 11) is 0. The first kappa shape index (κ1) is 19.7. The van der Waals surface area contributed by atoms with Crippen LogP contribution in [0.25, 0.3) is 22.2 Å². The van der Waals surface area contributed by atoms with Gasteiger partial charge in [-0.05, 0) is 65.8 Å². The van der Waals surface area contributed by atoms with Gasteiger partial charge in [-0.1, -0.05) is 0 Å². The van der Waals surface area contributed by atoms with Crippen molar-refractivity contribution in [3.05, 3.63) is 52.8 Å². The SMILES string of the molecule is Cc1c[nH]c2ncc(-c3cc4c(c(C5C6OCCN65)c3)CCN(C(=O)C3CCOC3)C4)cc12. The zero-order valence-corrected chi connectivity index (χ0v) is 18.8. The summed E-state index contributed by atoms with van der Waals surface area (Å²) in [5.41, 5.74) is 8.44. The minimum Gasteiger partial charge on any atom is -0.381 e. The van der Waals surface area contributed by atoms with Crippen LogP contribution in [0.15, 0.2) is 30.6 Å². The number of ether oxygens (including phenoxy) is 2. The van der Waals surface area contributed by atoms with Crippen LogP contribution in [0, 0.1) is 12.8 Å². The van der Waals surface area contributed by atoms with Crippen molar-refractivity contribution in [3.63, 3.8) is 0 Å². The van der Waals surface area contributed by atoms with E-state index in [1.807, 2.05) is 17.3 Å². The van der Waals surface area contributed by atoms with Crippen LogP contribution in [-0.2, 0) is 27.2 Å². The third-order valence-corrected chi connectivity index (χ3v) is 7.85. The molecule has 7 nitrogen and oxygen atoms in total. The van der Waals surface area contributed by atoms with Crippen LogP contribution in [0.1, 0.15) is 34.7 Å². The number of nitrogens with one attached hydrogen (secondary N) is 1. The van der Waals surface area contributed by atoms with Gasteiger partial charge >= 0.3 is 0 Å². The van der Waals surface area contributed by atoms with E-state index in [-0.39, 0.29) is 18.1 Å². The Morgan fingerprint density at radius 1 is 1.18 bits per heavy atom. The number of rotatable bonds is 3. The van der Waals surface area contributed by atoms with Gasteiger partial charge in [0.1, 0.15) is 11.9 Å². The number of aryl methyl sites for hydroxylation is 1. The van der Waals surface area contributed by atoms with Crippen LogP contribution in [0.3, 0.4) is 0 Å². The first-order valence-corrected chi connectivity index (χ1v) is 12.0. The van der Waals surface area contributed by atoms with Gasteiger partial charge < -0.3 is 19.4 Å². The Kier molecular flexibility index (Phi) is 4.41. The molecule has 3 saturated heterocycles. The summed E-state index contributed by atoms with van der Waals surface area (Å²) in [6.45, 7) is 6.63. The van der Waals surface area contributed by atoms with Gasteiger partial charge in [0.15, 0.2) is 0 Å². The summed E-state index contributed by atoms with van der Waals surface area (Å²) < 4.78 is 11.4. The van der Waals surface area contributed by atoms with Crippen LogP contribution >= 0.6 is 0 Å². The van der Waals surface area contributed by atoms with Gasteiger partial charge in [0.05, 0.1) is 25.2 Å². The number of amides is 1. The van der Waals surface area contributed by atoms with Gasteiger partial charge in [-0.25, -0.2) is 4.98 Å². The van der Waals surface area contributed by atoms with Crippen LogP contribution in [0.2, 0.25) is 0 Å². The lowest BCUT2D eigenvalue weighted by atomic mass is 9.88. The molecule has 1 aromatic carbocycles. The summed E-state index contributed by atoms with van der Waals surface area (Å²) in [5, 5.41) is 1.15. The number of hydrogen-bond donors (Lipinski definition) is 1. The second-order valence-electron chi connectivity index (χ2n) is 9.81. The van der Waals surface area contributed by atoms with Crippen molar-refractivity contribution < 1.29 is 14.3 Å². The molecule has 0 radical (unpaired) electrons. The minimum absolute atomic E-state index is 0.0136. The monoisotopic (exact) mass is 444 g/mol. The number of hydrogen-bond acceptors (Lipinski definition) is 5. The molecule has 4 unspecified atom stereocenters. The molecular weight excluding hydrogens is 416 g/mol. The Morgan fingerprint density at radius 3 is 2.94 bits per heavy atom. The Morgan fingerprint density at radius 2 is 2.12 bits per heavy atom. The normalized spacial score (nSPS) is 28.2. The molecule has 0 bridgehead atoms. The Bertz CT molecular complexity index is 1250. The predicted octanol–water partition coefficient (Wildman–Crippen LogP) is 3.17. The van der Waals surface area contributed by atoms with Gasteiger partial charge in [0.25, 0.3) is 0 Å². The Hall–Kier alpha value is -2.74. The number of pyridine rings is 1. The smallest absolute Gasteiger partial charge is 0.228 e. The number of H-pyrrole nitrogens is 1. The number of carbonyl (C=O) groups is 1. The van der Waals surface area contributed by atoms with Crippen molar-refractivity contribution in [3.8, 4) is 11.1 Å². The van der Waals surface area contributed by atoms with E-state index in [0.717, 1.165) is 49.1 Å². The molecule has 6 heterocycles. The van der Waals surface area contributed by atoms with Gasteiger partial charge in [0.2, 0.25) is 5.91 Å². The molecule has 7 heteroatoms. The average Bonchev–Trinajstić information content (AvgIpc) is 3.33. The highest BCUT2D eigenvalue weighted by atomic mass is 16.5. The van der Waals surface area contributed by atoms with E-state index in [1.54, 1.807) is 0 Å². The maximum Gasteiger partial charge on any atom is 0.228 e. The maximum atomic E-state index is 13.1. The number of benzene rings is 1. The molecule has 0 spiro atoms. The van der Waals surface area contributed by atoms with E-state index >= 15 is 0 Å². The third kappa shape index (κ3) is 3.14. The van der Waals surface area contributed by atoms with Crippen LogP contribution in [-0.4, -0.2) is 64.8 Å². The lowest BCUT2D eigenvalue weighted by Crippen LogP contribution is -2.40. The fraction of sp³-hybridized carbons (Fsp3) is 0.462. The summed E-state index contributed by atoms with van der Waals surface area (Å²) in [5.74, 6) is 0.256. The van der Waals surface area contributed by atoms with Crippen LogP contribution < -0.4 is 0 Å². The number of morpholine rings is 1. The highest BCUT2D eigenvalue weighted by Gasteiger charge is 2.54. The Labute approximate surface area is 192 Å². The van der Waals surface area contributed by atoms with Crippen molar-refractivity contribution in [2.45, 2.75) is 38.6 Å². The van der Waals surface area contributed by atoms with E-state index in [1.165, 1.54) is 27.8 Å². The molecule has 170 valence electrons. The van der Waals surface area contributed by atoms with Gasteiger partial charge in [0, 0.05) is 49.6 Å². The second-order valence-corrected chi connectivity index (χ2v) is 9.81. The topological polar surface area (TPSA) is 70.5 Å². The standard InChI is InChI=1S/C26H28N4O3/c1-15-11-27-24-21(15)10-18(12-28-24)17-8-19-13-29(25(31)16-3-6-32-14-16)4-2-20(19)22(9-17)23-26-30(23)5-7-33-26/h8-12,16,23,26H,2-7,13-14H2,1H3,(H,27,28). The zero-order valence-electron chi connectivity index (χ0n) is 18.8. The zero-order chi connectivity index (χ0) is 22.1. The van der Waals surface area contributed by atoms with Crippen LogP contribution in [0.5, 0.6) is 0 Å². The molecule has 4 aliphatic heterocycles. The van der Waals surface area contributed by atoms with Crippen molar-refractivity contribution in [1.29, 1.82) is 0 Å². The molecule has 0 aliphatic carbocycles. The summed E-state index contributed by atoms with van der Waals surface area (Å²) in [6.07, 6.45) is 5.91. The number of aromatic nitrogens is 2. The lowest BCUT2D eigenvalue weighted by Gasteiger charge is -2.32. The molecule has 3 aromatic rings. The lowest BCUT2D eigenvalue weighted by molar-refractivity contribution is -0.136. The number of nitrogens with zero attached hydrogens (tertiary/aromatic N) is 3. The molecular formula is C26H28N4O3. The van der Waals surface area contributed by atoms with Gasteiger partial charge in [-0.3, -0.25) is 9.69 Å². The quantitative estimate of drug-likeness (QED) is 0.629. The Balaban J connectivity index is 1.29. The van der Waals surface area contributed by atoms with Crippen molar-refractivity contribution >= 4 is 16.9 Å². The third-order valence-electron chi connectivity index (χ3n) is 7.85. The molecule has 4 aliphatic rings. The largest absolute Gasteiger partial charge is 0.381 e. The average molecular weight is 445 g/mol. The number of aromatic amines is 1. The minimum atomic E-state index is 0.0136.